The molecule has 21 heavy (non-hydrogen) atoms. The predicted molar refractivity (Wildman–Crippen MR) is 81.0 cm³/mol. The third-order valence-electron chi connectivity index (χ3n) is 3.06. The molecule has 1 amide bonds. The molecule has 0 spiro atoms. The number of aromatic nitrogens is 2. The third-order valence-corrected chi connectivity index (χ3v) is 3.06. The highest BCUT2D eigenvalue weighted by Crippen LogP contribution is 2.21. The number of rotatable bonds is 2. The maximum atomic E-state index is 11.1. The van der Waals surface area contributed by atoms with Crippen LogP contribution in [0.1, 0.15) is 0 Å². The maximum Gasteiger partial charge on any atom is 0.411 e. The number of hydrogen-bond donors (Lipinski definition) is 1. The van der Waals surface area contributed by atoms with Gasteiger partial charge in [-0.05, 0) is 24.3 Å². The van der Waals surface area contributed by atoms with Gasteiger partial charge in [0, 0.05) is 11.3 Å². The van der Waals surface area contributed by atoms with Crippen molar-refractivity contribution >= 4 is 22.8 Å². The average Bonchev–Trinajstić information content (AvgIpc) is 2.55. The molecular formula is C16H13N3O2. The van der Waals surface area contributed by atoms with E-state index in [1.54, 1.807) is 18.3 Å². The van der Waals surface area contributed by atoms with Crippen molar-refractivity contribution < 1.29 is 9.53 Å². The van der Waals surface area contributed by atoms with Crippen molar-refractivity contribution in [2.24, 2.45) is 0 Å². The first-order valence-corrected chi connectivity index (χ1v) is 6.43. The molecule has 0 aliphatic carbocycles. The molecule has 0 aliphatic rings. The van der Waals surface area contributed by atoms with Crippen LogP contribution in [0, 0.1) is 0 Å². The average molecular weight is 279 g/mol. The van der Waals surface area contributed by atoms with Gasteiger partial charge in [0.25, 0.3) is 0 Å². The van der Waals surface area contributed by atoms with Gasteiger partial charge in [-0.15, -0.1) is 0 Å². The molecule has 0 aliphatic heterocycles. The van der Waals surface area contributed by atoms with Crippen LogP contribution in [0.3, 0.4) is 0 Å². The van der Waals surface area contributed by atoms with E-state index in [1.165, 1.54) is 7.11 Å². The van der Waals surface area contributed by atoms with Crippen molar-refractivity contribution in [3.63, 3.8) is 0 Å². The first kappa shape index (κ1) is 13.1. The highest BCUT2D eigenvalue weighted by atomic mass is 16.5. The molecule has 1 N–H and O–H groups in total. The topological polar surface area (TPSA) is 64.1 Å². The second-order valence-electron chi connectivity index (χ2n) is 4.44. The molecular weight excluding hydrogens is 266 g/mol. The van der Waals surface area contributed by atoms with E-state index < -0.39 is 6.09 Å². The summed E-state index contributed by atoms with van der Waals surface area (Å²) in [6, 6.07) is 15.1. The van der Waals surface area contributed by atoms with E-state index in [-0.39, 0.29) is 0 Å². The Hall–Kier alpha value is -2.95. The number of nitrogens with zero attached hydrogens (tertiary/aromatic N) is 2. The number of carbonyl (C=O) groups excluding carboxylic acids is 1. The zero-order valence-electron chi connectivity index (χ0n) is 11.4. The second kappa shape index (κ2) is 5.58. The normalized spacial score (nSPS) is 10.3. The fraction of sp³-hybridized carbons (Fsp3) is 0.0625. The molecule has 5 heteroatoms. The highest BCUT2D eigenvalue weighted by molar-refractivity contribution is 5.85. The second-order valence-corrected chi connectivity index (χ2v) is 4.44. The van der Waals surface area contributed by atoms with E-state index in [1.807, 2.05) is 36.4 Å². The molecule has 3 rings (SSSR count). The fourth-order valence-corrected chi connectivity index (χ4v) is 1.99. The Morgan fingerprint density at radius 3 is 2.48 bits per heavy atom. The molecule has 2 aromatic carbocycles. The summed E-state index contributed by atoms with van der Waals surface area (Å²) in [5.41, 5.74) is 4.11. The summed E-state index contributed by atoms with van der Waals surface area (Å²) >= 11 is 0. The number of nitrogens with one attached hydrogen (secondary N) is 1. The summed E-state index contributed by atoms with van der Waals surface area (Å²) < 4.78 is 4.54. The van der Waals surface area contributed by atoms with Crippen LogP contribution in [0.5, 0.6) is 0 Å². The Kier molecular flexibility index (Phi) is 3.47. The predicted octanol–water partition coefficient (Wildman–Crippen LogP) is 3.48. The molecule has 0 unspecified atom stereocenters. The van der Waals surface area contributed by atoms with E-state index in [2.05, 4.69) is 20.0 Å². The minimum Gasteiger partial charge on any atom is -0.453 e. The van der Waals surface area contributed by atoms with Gasteiger partial charge < -0.3 is 4.74 Å². The lowest BCUT2D eigenvalue weighted by Crippen LogP contribution is -2.10. The van der Waals surface area contributed by atoms with Crippen LogP contribution in [0.4, 0.5) is 10.5 Å². The summed E-state index contributed by atoms with van der Waals surface area (Å²) in [4.78, 5) is 20.1. The number of anilines is 1. The van der Waals surface area contributed by atoms with Gasteiger partial charge in [0.2, 0.25) is 0 Å². The number of methoxy groups -OCH3 is 1. The number of para-hydroxylation sites is 2. The number of benzene rings is 2. The van der Waals surface area contributed by atoms with E-state index in [0.29, 0.717) is 5.69 Å². The van der Waals surface area contributed by atoms with Gasteiger partial charge in [0.15, 0.2) is 0 Å². The quantitative estimate of drug-likeness (QED) is 0.780. The first-order valence-electron chi connectivity index (χ1n) is 6.43. The van der Waals surface area contributed by atoms with Crippen LogP contribution in [0.2, 0.25) is 0 Å². The Labute approximate surface area is 121 Å². The molecule has 5 nitrogen and oxygen atoms in total. The number of amides is 1. The minimum atomic E-state index is -0.492. The molecule has 3 aromatic rings. The molecule has 0 saturated heterocycles. The van der Waals surface area contributed by atoms with Crippen LogP contribution in [-0.2, 0) is 4.74 Å². The standard InChI is InChI=1S/C16H13N3O2/c1-21-16(20)18-12-8-6-11(7-9-12)15-10-17-13-4-2-3-5-14(13)19-15/h2-10H,1H3,(H,18,20). The SMILES string of the molecule is COC(=O)Nc1ccc(-c2cnc3ccccc3n2)cc1. The smallest absolute Gasteiger partial charge is 0.411 e. The van der Waals surface area contributed by atoms with E-state index in [4.69, 9.17) is 0 Å². The van der Waals surface area contributed by atoms with Gasteiger partial charge in [-0.1, -0.05) is 24.3 Å². The summed E-state index contributed by atoms with van der Waals surface area (Å²) in [6.45, 7) is 0. The van der Waals surface area contributed by atoms with Gasteiger partial charge in [0.1, 0.15) is 0 Å². The summed E-state index contributed by atoms with van der Waals surface area (Å²) in [7, 11) is 1.33. The zero-order valence-corrected chi connectivity index (χ0v) is 11.4. The first-order chi connectivity index (χ1) is 10.3. The molecule has 1 heterocycles. The highest BCUT2D eigenvalue weighted by Gasteiger charge is 2.04. The lowest BCUT2D eigenvalue weighted by Gasteiger charge is -2.05. The Balaban J connectivity index is 1.90. The molecule has 0 radical (unpaired) electrons. The molecule has 104 valence electrons. The van der Waals surface area contributed by atoms with Crippen LogP contribution in [0.15, 0.2) is 54.7 Å². The van der Waals surface area contributed by atoms with Crippen LogP contribution in [-0.4, -0.2) is 23.2 Å². The van der Waals surface area contributed by atoms with Crippen LogP contribution >= 0.6 is 0 Å². The molecule has 0 saturated carbocycles. The van der Waals surface area contributed by atoms with Gasteiger partial charge in [-0.3, -0.25) is 10.3 Å². The van der Waals surface area contributed by atoms with Crippen LogP contribution < -0.4 is 5.32 Å². The van der Waals surface area contributed by atoms with E-state index in [0.717, 1.165) is 22.3 Å². The van der Waals surface area contributed by atoms with E-state index >= 15 is 0 Å². The van der Waals surface area contributed by atoms with Crippen molar-refractivity contribution in [3.8, 4) is 11.3 Å². The van der Waals surface area contributed by atoms with Crippen molar-refractivity contribution in [2.45, 2.75) is 0 Å². The van der Waals surface area contributed by atoms with Crippen molar-refractivity contribution in [1.29, 1.82) is 0 Å². The lowest BCUT2D eigenvalue weighted by atomic mass is 10.1. The van der Waals surface area contributed by atoms with E-state index in [9.17, 15) is 4.79 Å². The zero-order chi connectivity index (χ0) is 14.7. The van der Waals surface area contributed by atoms with Gasteiger partial charge in [-0.2, -0.15) is 0 Å². The van der Waals surface area contributed by atoms with Crippen molar-refractivity contribution in [2.75, 3.05) is 12.4 Å². The number of carbonyl (C=O) groups is 1. The van der Waals surface area contributed by atoms with Crippen molar-refractivity contribution in [3.05, 3.63) is 54.7 Å². The molecule has 0 atom stereocenters. The largest absolute Gasteiger partial charge is 0.453 e. The number of fused-ring (bicyclic) bond motifs is 1. The molecule has 0 fully saturated rings. The van der Waals surface area contributed by atoms with Gasteiger partial charge in [-0.25, -0.2) is 9.78 Å². The maximum absolute atomic E-state index is 11.1. The third kappa shape index (κ3) is 2.81. The van der Waals surface area contributed by atoms with Crippen molar-refractivity contribution in [1.82, 2.24) is 9.97 Å². The Bertz CT molecular complexity index is 785. The number of ether oxygens (including phenoxy) is 1. The fourth-order valence-electron chi connectivity index (χ4n) is 1.99. The molecule has 1 aromatic heterocycles. The lowest BCUT2D eigenvalue weighted by molar-refractivity contribution is 0.187. The van der Waals surface area contributed by atoms with Gasteiger partial charge in [0.05, 0.1) is 30.0 Å². The number of hydrogen-bond acceptors (Lipinski definition) is 4. The Morgan fingerprint density at radius 1 is 1.05 bits per heavy atom. The Morgan fingerprint density at radius 2 is 1.76 bits per heavy atom. The minimum absolute atomic E-state index is 0.492. The molecule has 0 bridgehead atoms. The summed E-state index contributed by atoms with van der Waals surface area (Å²) in [6.07, 6.45) is 1.25. The summed E-state index contributed by atoms with van der Waals surface area (Å²) in [5, 5.41) is 2.60. The monoisotopic (exact) mass is 279 g/mol. The van der Waals surface area contributed by atoms with Gasteiger partial charge >= 0.3 is 6.09 Å². The van der Waals surface area contributed by atoms with Crippen LogP contribution in [0.25, 0.3) is 22.3 Å². The summed E-state index contributed by atoms with van der Waals surface area (Å²) in [5.74, 6) is 0.